The molecule has 0 saturated heterocycles. The molecule has 0 aliphatic heterocycles. The molecule has 0 heterocycles. The zero-order valence-corrected chi connectivity index (χ0v) is 11.7. The highest BCUT2D eigenvalue weighted by atomic mass is 16.8. The van der Waals surface area contributed by atoms with E-state index in [4.69, 9.17) is 15.5 Å². The van der Waals surface area contributed by atoms with Gasteiger partial charge in [-0.05, 0) is 35.4 Å². The van der Waals surface area contributed by atoms with Gasteiger partial charge in [-0.1, -0.05) is 30.3 Å². The van der Waals surface area contributed by atoms with Crippen molar-refractivity contribution in [2.75, 3.05) is 5.23 Å². The van der Waals surface area contributed by atoms with E-state index in [9.17, 15) is 14.7 Å². The number of carbonyl (C=O) groups excluding carboxylic acids is 1. The van der Waals surface area contributed by atoms with E-state index in [2.05, 4.69) is 0 Å². The number of carbonyl (C=O) groups is 2. The van der Waals surface area contributed by atoms with Gasteiger partial charge in [0, 0.05) is 5.57 Å². The molecule has 0 spiro atoms. The number of anilines is 1. The van der Waals surface area contributed by atoms with Crippen LogP contribution in [0, 0.1) is 0 Å². The second-order valence-corrected chi connectivity index (χ2v) is 4.58. The highest BCUT2D eigenvalue weighted by Crippen LogP contribution is 2.23. The van der Waals surface area contributed by atoms with Crippen LogP contribution in [0.25, 0.3) is 11.6 Å². The molecule has 0 atom stereocenters. The van der Waals surface area contributed by atoms with E-state index in [1.165, 1.54) is 54.6 Å². The van der Waals surface area contributed by atoms with Crippen LogP contribution in [-0.2, 0) is 4.79 Å². The van der Waals surface area contributed by atoms with Crippen molar-refractivity contribution in [2.45, 2.75) is 0 Å². The summed E-state index contributed by atoms with van der Waals surface area (Å²) in [5.74, 6) is -2.77. The van der Waals surface area contributed by atoms with E-state index in [0.29, 0.717) is 5.56 Å². The van der Waals surface area contributed by atoms with Crippen molar-refractivity contribution in [2.24, 2.45) is 0 Å². The summed E-state index contributed by atoms with van der Waals surface area (Å²) in [7, 11) is 0. The predicted octanol–water partition coefficient (Wildman–Crippen LogP) is 1.26. The first-order valence-electron chi connectivity index (χ1n) is 6.44. The molecule has 0 aliphatic carbocycles. The van der Waals surface area contributed by atoms with Gasteiger partial charge in [-0.2, -0.15) is 0 Å². The zero-order chi connectivity index (χ0) is 17.0. The number of hydrogen-bond acceptors (Lipinski definition) is 6. The Labute approximate surface area is 130 Å². The summed E-state index contributed by atoms with van der Waals surface area (Å²) in [4.78, 5) is 22.6. The number of benzene rings is 2. The van der Waals surface area contributed by atoms with Gasteiger partial charge in [0.15, 0.2) is 0 Å². The van der Waals surface area contributed by atoms with Gasteiger partial charge in [-0.25, -0.2) is 4.79 Å². The van der Waals surface area contributed by atoms with Crippen LogP contribution in [0.2, 0.25) is 0 Å². The number of carboxylic acids is 2. The van der Waals surface area contributed by atoms with Crippen LogP contribution in [-0.4, -0.2) is 27.5 Å². The number of rotatable bonds is 5. The average molecular weight is 314 g/mol. The molecule has 2 aromatic carbocycles. The second-order valence-electron chi connectivity index (χ2n) is 4.58. The number of aliphatic carboxylic acids is 1. The van der Waals surface area contributed by atoms with Crippen molar-refractivity contribution in [1.82, 2.24) is 0 Å². The molecule has 2 rings (SSSR count). The van der Waals surface area contributed by atoms with Crippen LogP contribution < -0.4 is 10.3 Å². The average Bonchev–Trinajstić information content (AvgIpc) is 2.52. The molecule has 0 fully saturated rings. The summed E-state index contributed by atoms with van der Waals surface area (Å²) < 4.78 is 0. The smallest absolute Gasteiger partial charge is 0.336 e. The SMILES string of the molecule is O=C([O-])C(=Cc1ccc(N(O)O)cc1)c1ccccc1C(=O)O. The van der Waals surface area contributed by atoms with Crippen molar-refractivity contribution < 1.29 is 30.2 Å². The fourth-order valence-corrected chi connectivity index (χ4v) is 2.02. The lowest BCUT2D eigenvalue weighted by Crippen LogP contribution is -2.24. The van der Waals surface area contributed by atoms with E-state index in [0.717, 1.165) is 0 Å². The molecule has 0 aliphatic rings. The molecular weight excluding hydrogens is 302 g/mol. The van der Waals surface area contributed by atoms with Gasteiger partial charge in [-0.15, -0.1) is 5.23 Å². The Bertz CT molecular complexity index is 764. The first kappa shape index (κ1) is 16.2. The summed E-state index contributed by atoms with van der Waals surface area (Å²) in [6.45, 7) is 0. The highest BCUT2D eigenvalue weighted by Gasteiger charge is 2.13. The van der Waals surface area contributed by atoms with E-state index < -0.39 is 11.9 Å². The minimum Gasteiger partial charge on any atom is -0.545 e. The van der Waals surface area contributed by atoms with Gasteiger partial charge in [-0.3, -0.25) is 10.4 Å². The van der Waals surface area contributed by atoms with Gasteiger partial charge in [0.1, 0.15) is 0 Å². The van der Waals surface area contributed by atoms with Crippen LogP contribution >= 0.6 is 0 Å². The Balaban J connectivity index is 2.51. The van der Waals surface area contributed by atoms with Crippen molar-refractivity contribution in [3.63, 3.8) is 0 Å². The van der Waals surface area contributed by atoms with Crippen LogP contribution in [0.4, 0.5) is 5.69 Å². The topological polar surface area (TPSA) is 121 Å². The molecule has 0 saturated carbocycles. The standard InChI is InChI=1S/C16H13NO6/c18-15(19)13-4-2-1-3-12(13)14(16(20)21)9-10-5-7-11(8-6-10)17(22)23/h1-9,22-23H,(H,18,19)(H,20,21)/p-1. The Kier molecular flexibility index (Phi) is 4.75. The number of nitrogens with zero attached hydrogens (tertiary/aromatic N) is 1. The minimum atomic E-state index is -1.52. The number of carboxylic acid groups (broad SMARTS) is 2. The number of aromatic carboxylic acids is 1. The Morgan fingerprint density at radius 2 is 1.52 bits per heavy atom. The van der Waals surface area contributed by atoms with E-state index in [-0.39, 0.29) is 27.6 Å². The fraction of sp³-hybridized carbons (Fsp3) is 0. The van der Waals surface area contributed by atoms with Crippen molar-refractivity contribution in [3.05, 3.63) is 65.2 Å². The van der Waals surface area contributed by atoms with Gasteiger partial charge in [0.25, 0.3) is 0 Å². The van der Waals surface area contributed by atoms with Crippen LogP contribution in [0.3, 0.4) is 0 Å². The third kappa shape index (κ3) is 3.73. The fourth-order valence-electron chi connectivity index (χ4n) is 2.02. The maximum absolute atomic E-state index is 11.4. The first-order valence-corrected chi connectivity index (χ1v) is 6.44. The molecule has 118 valence electrons. The molecule has 23 heavy (non-hydrogen) atoms. The molecule has 0 amide bonds. The summed E-state index contributed by atoms with van der Waals surface area (Å²) in [6, 6.07) is 11.3. The van der Waals surface area contributed by atoms with Crippen molar-refractivity contribution in [1.29, 1.82) is 0 Å². The van der Waals surface area contributed by atoms with Crippen LogP contribution in [0.15, 0.2) is 48.5 Å². The quantitative estimate of drug-likeness (QED) is 0.431. The highest BCUT2D eigenvalue weighted by molar-refractivity contribution is 6.21. The minimum absolute atomic E-state index is 0.0232. The van der Waals surface area contributed by atoms with E-state index in [1.807, 2.05) is 0 Å². The summed E-state index contributed by atoms with van der Waals surface area (Å²) in [5.41, 5.74) is 0.0881. The Morgan fingerprint density at radius 3 is 2.00 bits per heavy atom. The van der Waals surface area contributed by atoms with Gasteiger partial charge >= 0.3 is 5.97 Å². The molecule has 2 aromatic rings. The monoisotopic (exact) mass is 314 g/mol. The van der Waals surface area contributed by atoms with Crippen molar-refractivity contribution >= 4 is 29.3 Å². The maximum atomic E-state index is 11.4. The normalized spacial score (nSPS) is 11.1. The van der Waals surface area contributed by atoms with Crippen LogP contribution in [0.1, 0.15) is 21.5 Å². The van der Waals surface area contributed by atoms with E-state index >= 15 is 0 Å². The first-order chi connectivity index (χ1) is 10.9. The lowest BCUT2D eigenvalue weighted by molar-refractivity contribution is -0.295. The lowest BCUT2D eigenvalue weighted by Gasteiger charge is -2.12. The summed E-state index contributed by atoms with van der Waals surface area (Å²) in [5, 5.41) is 38.2. The summed E-state index contributed by atoms with van der Waals surface area (Å²) >= 11 is 0. The molecule has 0 unspecified atom stereocenters. The van der Waals surface area contributed by atoms with Crippen LogP contribution in [0.5, 0.6) is 0 Å². The zero-order valence-electron chi connectivity index (χ0n) is 11.7. The Hall–Kier alpha value is -3.16. The summed E-state index contributed by atoms with van der Waals surface area (Å²) in [6.07, 6.45) is 1.25. The third-order valence-electron chi connectivity index (χ3n) is 3.10. The number of hydrogen-bond donors (Lipinski definition) is 3. The Morgan fingerprint density at radius 1 is 0.957 bits per heavy atom. The molecule has 3 N–H and O–H groups in total. The van der Waals surface area contributed by atoms with Crippen molar-refractivity contribution in [3.8, 4) is 0 Å². The molecule has 7 nitrogen and oxygen atoms in total. The lowest BCUT2D eigenvalue weighted by atomic mass is 9.97. The maximum Gasteiger partial charge on any atom is 0.336 e. The predicted molar refractivity (Wildman–Crippen MR) is 78.8 cm³/mol. The largest absolute Gasteiger partial charge is 0.545 e. The molecule has 0 bridgehead atoms. The van der Waals surface area contributed by atoms with Gasteiger partial charge < -0.3 is 15.0 Å². The third-order valence-corrected chi connectivity index (χ3v) is 3.10. The molecule has 0 aromatic heterocycles. The van der Waals surface area contributed by atoms with Gasteiger partial charge in [0.2, 0.25) is 0 Å². The second kappa shape index (κ2) is 6.73. The molecule has 0 radical (unpaired) electrons. The molecular formula is C16H12NO6-. The molecule has 7 heteroatoms. The van der Waals surface area contributed by atoms with Gasteiger partial charge in [0.05, 0.1) is 17.2 Å². The van der Waals surface area contributed by atoms with E-state index in [1.54, 1.807) is 0 Å².